The van der Waals surface area contributed by atoms with E-state index < -0.39 is 38.6 Å². The van der Waals surface area contributed by atoms with E-state index in [1.807, 2.05) is 0 Å². The molecule has 0 saturated heterocycles. The van der Waals surface area contributed by atoms with Crippen LogP contribution >= 0.6 is 8.03 Å². The Hall–Kier alpha value is -0.360. The zero-order valence-electron chi connectivity index (χ0n) is 9.93. The highest BCUT2D eigenvalue weighted by Crippen LogP contribution is 2.43. The van der Waals surface area contributed by atoms with Crippen LogP contribution in [0.2, 0.25) is 0 Å². The molecule has 0 heterocycles. The first-order chi connectivity index (χ1) is 8.59. The third-order valence-corrected chi connectivity index (χ3v) is 4.02. The van der Waals surface area contributed by atoms with Crippen molar-refractivity contribution >= 4 is 8.03 Å². The maximum absolute atomic E-state index is 12.8. The summed E-state index contributed by atoms with van der Waals surface area (Å²) in [7, 11) is -3.39. The van der Waals surface area contributed by atoms with Gasteiger partial charge in [-0.3, -0.25) is 0 Å². The smallest absolute Gasteiger partial charge is 0.168 e. The minimum absolute atomic E-state index is 0.235. The molecule has 2 unspecified atom stereocenters. The lowest BCUT2D eigenvalue weighted by Gasteiger charge is -2.27. The first kappa shape index (κ1) is 16.7. The van der Waals surface area contributed by atoms with Gasteiger partial charge < -0.3 is 0 Å². The van der Waals surface area contributed by atoms with Crippen molar-refractivity contribution < 1.29 is 35.4 Å². The Balaban J connectivity index is 2.67. The summed E-state index contributed by atoms with van der Waals surface area (Å²) in [6, 6.07) is 0. The van der Waals surface area contributed by atoms with Crippen LogP contribution in [0.5, 0.6) is 0 Å². The van der Waals surface area contributed by atoms with Crippen LogP contribution in [0.25, 0.3) is 0 Å². The van der Waals surface area contributed by atoms with Gasteiger partial charge in [-0.2, -0.15) is 26.3 Å². The lowest BCUT2D eigenvalue weighted by molar-refractivity contribution is -0.212. The molecule has 1 aliphatic rings. The molecule has 2 atom stereocenters. The van der Waals surface area contributed by atoms with Crippen molar-refractivity contribution in [3.8, 4) is 0 Å². The van der Waals surface area contributed by atoms with Crippen LogP contribution in [-0.2, 0) is 9.09 Å². The molecule has 1 saturated carbocycles. The van der Waals surface area contributed by atoms with Gasteiger partial charge in [0.25, 0.3) is 6.16 Å². The lowest BCUT2D eigenvalue weighted by atomic mass is 9.85. The minimum Gasteiger partial charge on any atom is -0.168 e. The largest absolute Gasteiger partial charge is 0.518 e. The van der Waals surface area contributed by atoms with E-state index in [-0.39, 0.29) is 12.8 Å². The van der Waals surface area contributed by atoms with Crippen LogP contribution in [0.15, 0.2) is 0 Å². The Morgan fingerprint density at radius 1 is 1.05 bits per heavy atom. The maximum atomic E-state index is 12.8. The number of alkyl halides is 6. The monoisotopic (exact) mass is 311 g/mol. The summed E-state index contributed by atoms with van der Waals surface area (Å²) in [5.74, 6) is -0.902. The van der Waals surface area contributed by atoms with E-state index >= 15 is 0 Å². The molecular weight excluding hydrogens is 297 g/mol. The molecule has 19 heavy (non-hydrogen) atoms. The highest BCUT2D eigenvalue weighted by molar-refractivity contribution is 7.39. The molecule has 0 aromatic heterocycles. The Morgan fingerprint density at radius 2 is 1.58 bits per heavy atom. The number of rotatable bonds is 4. The number of halogens is 6. The molecule has 1 aliphatic carbocycles. The van der Waals surface area contributed by atoms with Crippen molar-refractivity contribution in [1.29, 1.82) is 0 Å². The van der Waals surface area contributed by atoms with E-state index in [2.05, 4.69) is 4.52 Å². The van der Waals surface area contributed by atoms with Gasteiger partial charge in [0.2, 0.25) is 6.10 Å². The molecule has 0 aromatic rings. The van der Waals surface area contributed by atoms with Crippen LogP contribution in [0.1, 0.15) is 32.1 Å². The molecule has 0 aliphatic heterocycles. The molecule has 0 amide bonds. The van der Waals surface area contributed by atoms with Crippen LogP contribution < -0.4 is 0 Å². The van der Waals surface area contributed by atoms with Gasteiger partial charge in [0.05, 0.1) is 0 Å². The quantitative estimate of drug-likeness (QED) is 0.549. The third-order valence-electron chi connectivity index (χ3n) is 2.94. The van der Waals surface area contributed by atoms with Gasteiger partial charge in [0, 0.05) is 0 Å². The summed E-state index contributed by atoms with van der Waals surface area (Å²) in [5, 5.41) is 0. The first-order valence-corrected chi connectivity index (χ1v) is 7.21. The van der Waals surface area contributed by atoms with Gasteiger partial charge in [0.1, 0.15) is 0 Å². The Labute approximate surface area is 107 Å². The number of hydrogen-bond acceptors (Lipinski definition) is 2. The normalized spacial score (nSPS) is 21.3. The molecule has 9 heteroatoms. The van der Waals surface area contributed by atoms with Crippen LogP contribution in [-0.4, -0.2) is 24.6 Å². The van der Waals surface area contributed by atoms with E-state index in [1.54, 1.807) is 0 Å². The Kier molecular flexibility index (Phi) is 5.62. The van der Waals surface area contributed by atoms with Gasteiger partial charge in [-0.05, 0) is 23.3 Å². The summed E-state index contributed by atoms with van der Waals surface area (Å²) >= 11 is 0. The van der Waals surface area contributed by atoms with Gasteiger partial charge in [-0.25, -0.2) is 0 Å². The number of hydrogen-bond donors (Lipinski definition) is 0. The van der Waals surface area contributed by atoms with E-state index in [1.165, 1.54) is 0 Å². The summed E-state index contributed by atoms with van der Waals surface area (Å²) < 4.78 is 89.4. The second-order valence-electron chi connectivity index (χ2n) is 4.57. The average Bonchev–Trinajstić information content (AvgIpc) is 2.23. The molecule has 0 bridgehead atoms. The van der Waals surface area contributed by atoms with E-state index in [0.717, 1.165) is 6.42 Å². The summed E-state index contributed by atoms with van der Waals surface area (Å²) in [4.78, 5) is 0. The predicted molar refractivity (Wildman–Crippen MR) is 56.0 cm³/mol. The fourth-order valence-electron chi connectivity index (χ4n) is 2.16. The topological polar surface area (TPSA) is 26.3 Å². The molecule has 0 aromatic carbocycles. The second-order valence-corrected chi connectivity index (χ2v) is 5.76. The second kappa shape index (κ2) is 6.39. The van der Waals surface area contributed by atoms with Gasteiger partial charge >= 0.3 is 20.4 Å². The molecule has 112 valence electrons. The molecule has 1 fully saturated rings. The third kappa shape index (κ3) is 6.08. The molecule has 0 N–H and O–H groups in total. The molecule has 0 spiro atoms. The summed E-state index contributed by atoms with van der Waals surface area (Å²) in [5.41, 5.74) is 0. The summed E-state index contributed by atoms with van der Waals surface area (Å²) in [6.45, 7) is 0. The predicted octanol–water partition coefficient (Wildman–Crippen LogP) is 4.82. The van der Waals surface area contributed by atoms with E-state index in [9.17, 15) is 30.9 Å². The van der Waals surface area contributed by atoms with Gasteiger partial charge in [-0.15, -0.1) is 4.52 Å². The zero-order valence-corrected chi connectivity index (χ0v) is 10.8. The van der Waals surface area contributed by atoms with Crippen molar-refractivity contribution in [2.75, 3.05) is 6.16 Å². The highest BCUT2D eigenvalue weighted by Gasteiger charge is 2.52. The standard InChI is InChI=1S/C10H14F6O2P/c11-9(12,13)6-19(17)18-8(10(14,15)16)7-4-2-1-3-5-7/h7-8H,1-6H2/q+1. The Morgan fingerprint density at radius 3 is 2.00 bits per heavy atom. The van der Waals surface area contributed by atoms with Crippen molar-refractivity contribution in [1.82, 2.24) is 0 Å². The molecule has 2 nitrogen and oxygen atoms in total. The van der Waals surface area contributed by atoms with Crippen molar-refractivity contribution in [2.45, 2.75) is 50.6 Å². The summed E-state index contributed by atoms with van der Waals surface area (Å²) in [6.07, 6.45) is -11.4. The highest BCUT2D eigenvalue weighted by atomic mass is 31.1. The minimum atomic E-state index is -4.80. The maximum Gasteiger partial charge on any atom is 0.518 e. The van der Waals surface area contributed by atoms with Gasteiger partial charge in [-0.1, -0.05) is 19.3 Å². The van der Waals surface area contributed by atoms with Crippen LogP contribution in [0, 0.1) is 5.92 Å². The molecule has 1 rings (SSSR count). The van der Waals surface area contributed by atoms with E-state index in [0.29, 0.717) is 12.8 Å². The van der Waals surface area contributed by atoms with Crippen LogP contribution in [0.4, 0.5) is 26.3 Å². The average molecular weight is 311 g/mol. The van der Waals surface area contributed by atoms with Crippen molar-refractivity contribution in [2.24, 2.45) is 5.92 Å². The molecule has 0 radical (unpaired) electrons. The first-order valence-electron chi connectivity index (χ1n) is 5.84. The van der Waals surface area contributed by atoms with Crippen LogP contribution in [0.3, 0.4) is 0 Å². The van der Waals surface area contributed by atoms with Crippen molar-refractivity contribution in [3.63, 3.8) is 0 Å². The SMILES string of the molecule is O=[P+](CC(F)(F)F)OC(C1CCCCC1)C(F)(F)F. The zero-order chi connectivity index (χ0) is 14.7. The van der Waals surface area contributed by atoms with Gasteiger partial charge in [0.15, 0.2) is 0 Å². The van der Waals surface area contributed by atoms with Crippen molar-refractivity contribution in [3.05, 3.63) is 0 Å². The lowest BCUT2D eigenvalue weighted by Crippen LogP contribution is -2.38. The fourth-order valence-corrected chi connectivity index (χ4v) is 3.07. The van der Waals surface area contributed by atoms with E-state index in [4.69, 9.17) is 0 Å². The Bertz CT molecular complexity index is 308. The fraction of sp³-hybridized carbons (Fsp3) is 1.00. The molecular formula is C10H14F6O2P+.